The Morgan fingerprint density at radius 1 is 1.31 bits per heavy atom. The van der Waals surface area contributed by atoms with E-state index in [1.165, 1.54) is 0 Å². The molecule has 26 heavy (non-hydrogen) atoms. The van der Waals surface area contributed by atoms with Crippen LogP contribution in [-0.4, -0.2) is 28.5 Å². The summed E-state index contributed by atoms with van der Waals surface area (Å²) in [7, 11) is 0. The monoisotopic (exact) mass is 398 g/mol. The molecule has 1 aromatic heterocycles. The summed E-state index contributed by atoms with van der Waals surface area (Å²) in [6, 6.07) is 5.07. The van der Waals surface area contributed by atoms with Gasteiger partial charge in [-0.2, -0.15) is 0 Å². The van der Waals surface area contributed by atoms with E-state index in [0.29, 0.717) is 46.6 Å². The smallest absolute Gasteiger partial charge is 0.309 e. The second-order valence-electron chi connectivity index (χ2n) is 6.53. The Morgan fingerprint density at radius 3 is 2.69 bits per heavy atom. The fourth-order valence-electron chi connectivity index (χ4n) is 2.17. The maximum atomic E-state index is 11.9. The molecule has 140 valence electrons. The number of aliphatic carboxylic acids is 1. The van der Waals surface area contributed by atoms with Crippen LogP contribution >= 0.6 is 23.2 Å². The molecule has 0 spiro atoms. The topological polar surface area (TPSA) is 92.4 Å². The zero-order valence-electron chi connectivity index (χ0n) is 14.5. The number of aryl methyl sites for hydroxylation is 1. The molecule has 1 heterocycles. The molecule has 2 rings (SSSR count). The predicted molar refractivity (Wildman–Crippen MR) is 99.3 cm³/mol. The lowest BCUT2D eigenvalue weighted by Crippen LogP contribution is -2.32. The number of carbonyl (C=O) groups is 2. The highest BCUT2D eigenvalue weighted by atomic mass is 35.5. The summed E-state index contributed by atoms with van der Waals surface area (Å²) in [6.45, 7) is 3.55. The Kier molecular flexibility index (Phi) is 6.67. The van der Waals surface area contributed by atoms with Crippen LogP contribution in [-0.2, 0) is 16.0 Å². The second kappa shape index (κ2) is 8.56. The van der Waals surface area contributed by atoms with Crippen LogP contribution in [0.25, 0.3) is 11.3 Å². The van der Waals surface area contributed by atoms with Crippen molar-refractivity contribution in [1.82, 2.24) is 10.3 Å². The number of benzene rings is 1. The standard InChI is InChI=1S/C18H20Cl2N2O4/c1-18(2,17(24)25)7-8-21-15(23)5-6-16-22-10-14(26-16)12-4-3-11(19)9-13(12)20/h3-4,9-10H,5-8H2,1-2H3,(H,21,23)(H,24,25). The summed E-state index contributed by atoms with van der Waals surface area (Å²) in [5, 5.41) is 12.7. The number of carbonyl (C=O) groups excluding carboxylic acids is 1. The molecule has 0 radical (unpaired) electrons. The van der Waals surface area contributed by atoms with Crippen molar-refractivity contribution < 1.29 is 19.1 Å². The number of nitrogens with zero attached hydrogens (tertiary/aromatic N) is 1. The lowest BCUT2D eigenvalue weighted by Gasteiger charge is -2.18. The molecule has 1 amide bonds. The Hall–Kier alpha value is -2.05. The molecule has 0 bridgehead atoms. The molecule has 0 aliphatic rings. The van der Waals surface area contributed by atoms with Gasteiger partial charge in [-0.15, -0.1) is 0 Å². The minimum Gasteiger partial charge on any atom is -0.481 e. The summed E-state index contributed by atoms with van der Waals surface area (Å²) >= 11 is 12.0. The van der Waals surface area contributed by atoms with Gasteiger partial charge in [-0.3, -0.25) is 9.59 Å². The summed E-state index contributed by atoms with van der Waals surface area (Å²) in [5.74, 6) is -0.146. The van der Waals surface area contributed by atoms with Gasteiger partial charge in [-0.05, 0) is 38.5 Å². The van der Waals surface area contributed by atoms with E-state index in [1.807, 2.05) is 0 Å². The first-order valence-corrected chi connectivity index (χ1v) is 8.85. The number of oxazole rings is 1. The van der Waals surface area contributed by atoms with Crippen molar-refractivity contribution in [2.75, 3.05) is 6.54 Å². The van der Waals surface area contributed by atoms with E-state index < -0.39 is 11.4 Å². The van der Waals surface area contributed by atoms with Crippen molar-refractivity contribution in [3.05, 3.63) is 40.3 Å². The minimum absolute atomic E-state index is 0.185. The molecule has 0 saturated heterocycles. The number of hydrogen-bond acceptors (Lipinski definition) is 4. The maximum absolute atomic E-state index is 11.9. The van der Waals surface area contributed by atoms with Gasteiger partial charge in [0.1, 0.15) is 0 Å². The van der Waals surface area contributed by atoms with Gasteiger partial charge >= 0.3 is 5.97 Å². The summed E-state index contributed by atoms with van der Waals surface area (Å²) in [4.78, 5) is 27.1. The molecule has 1 aromatic carbocycles. The number of nitrogens with one attached hydrogen (secondary N) is 1. The Bertz CT molecular complexity index is 802. The summed E-state index contributed by atoms with van der Waals surface area (Å²) < 4.78 is 5.63. The largest absolute Gasteiger partial charge is 0.481 e. The third-order valence-electron chi connectivity index (χ3n) is 3.97. The zero-order chi connectivity index (χ0) is 19.3. The first kappa shape index (κ1) is 20.3. The van der Waals surface area contributed by atoms with E-state index in [2.05, 4.69) is 10.3 Å². The van der Waals surface area contributed by atoms with Crippen LogP contribution in [0.2, 0.25) is 10.0 Å². The van der Waals surface area contributed by atoms with Crippen LogP contribution in [0.3, 0.4) is 0 Å². The van der Waals surface area contributed by atoms with Gasteiger partial charge in [-0.25, -0.2) is 4.98 Å². The number of rotatable bonds is 8. The van der Waals surface area contributed by atoms with Gasteiger partial charge in [-0.1, -0.05) is 23.2 Å². The van der Waals surface area contributed by atoms with Crippen molar-refractivity contribution in [2.24, 2.45) is 5.41 Å². The number of carboxylic acids is 1. The van der Waals surface area contributed by atoms with Crippen LogP contribution in [0.15, 0.2) is 28.8 Å². The lowest BCUT2D eigenvalue weighted by atomic mass is 9.90. The molecule has 2 aromatic rings. The van der Waals surface area contributed by atoms with Crippen molar-refractivity contribution in [3.8, 4) is 11.3 Å². The molecule has 0 aliphatic heterocycles. The first-order chi connectivity index (χ1) is 12.2. The normalized spacial score (nSPS) is 11.4. The maximum Gasteiger partial charge on any atom is 0.309 e. The quantitative estimate of drug-likeness (QED) is 0.694. The van der Waals surface area contributed by atoms with Crippen LogP contribution in [0.4, 0.5) is 0 Å². The summed E-state index contributed by atoms with van der Waals surface area (Å²) in [6.07, 6.45) is 2.44. The van der Waals surface area contributed by atoms with Gasteiger partial charge < -0.3 is 14.8 Å². The molecule has 2 N–H and O–H groups in total. The Morgan fingerprint density at radius 2 is 2.04 bits per heavy atom. The zero-order valence-corrected chi connectivity index (χ0v) is 16.0. The van der Waals surface area contributed by atoms with Crippen molar-refractivity contribution in [1.29, 1.82) is 0 Å². The number of carboxylic acid groups (broad SMARTS) is 1. The van der Waals surface area contributed by atoms with E-state index in [0.717, 1.165) is 0 Å². The van der Waals surface area contributed by atoms with Gasteiger partial charge in [0, 0.05) is 30.0 Å². The van der Waals surface area contributed by atoms with Crippen LogP contribution in [0.1, 0.15) is 32.6 Å². The number of amides is 1. The van der Waals surface area contributed by atoms with Crippen LogP contribution < -0.4 is 5.32 Å². The fourth-order valence-corrected chi connectivity index (χ4v) is 2.67. The summed E-state index contributed by atoms with van der Waals surface area (Å²) in [5.41, 5.74) is -0.196. The van der Waals surface area contributed by atoms with E-state index >= 15 is 0 Å². The molecule has 0 atom stereocenters. The highest BCUT2D eigenvalue weighted by Gasteiger charge is 2.26. The van der Waals surface area contributed by atoms with E-state index in [4.69, 9.17) is 32.7 Å². The molecule has 0 fully saturated rings. The molecule has 0 aliphatic carbocycles. The lowest BCUT2D eigenvalue weighted by molar-refractivity contribution is -0.147. The third-order valence-corrected chi connectivity index (χ3v) is 4.52. The predicted octanol–water partition coefficient (Wildman–Crippen LogP) is 4.20. The van der Waals surface area contributed by atoms with Crippen LogP contribution in [0.5, 0.6) is 0 Å². The average Bonchev–Trinajstić information content (AvgIpc) is 3.01. The van der Waals surface area contributed by atoms with Gasteiger partial charge in [0.05, 0.1) is 16.6 Å². The second-order valence-corrected chi connectivity index (χ2v) is 7.38. The van der Waals surface area contributed by atoms with E-state index in [1.54, 1.807) is 38.2 Å². The third kappa shape index (κ3) is 5.47. The molecule has 0 unspecified atom stereocenters. The number of halogens is 2. The Labute approximate surface area is 161 Å². The minimum atomic E-state index is -0.889. The number of hydrogen-bond donors (Lipinski definition) is 2. The molecular formula is C18H20Cl2N2O4. The van der Waals surface area contributed by atoms with Crippen LogP contribution in [0, 0.1) is 5.41 Å². The van der Waals surface area contributed by atoms with Gasteiger partial charge in [0.2, 0.25) is 5.91 Å². The fraction of sp³-hybridized carbons (Fsp3) is 0.389. The SMILES string of the molecule is CC(C)(CCNC(=O)CCc1ncc(-c2ccc(Cl)cc2Cl)o1)C(=O)O. The highest BCUT2D eigenvalue weighted by Crippen LogP contribution is 2.30. The molecule has 8 heteroatoms. The van der Waals surface area contributed by atoms with Crippen molar-refractivity contribution in [3.63, 3.8) is 0 Å². The van der Waals surface area contributed by atoms with Gasteiger partial charge in [0.15, 0.2) is 11.7 Å². The van der Waals surface area contributed by atoms with E-state index in [9.17, 15) is 9.59 Å². The van der Waals surface area contributed by atoms with Gasteiger partial charge in [0.25, 0.3) is 0 Å². The number of aromatic nitrogens is 1. The van der Waals surface area contributed by atoms with Crippen molar-refractivity contribution in [2.45, 2.75) is 33.1 Å². The molecule has 0 saturated carbocycles. The van der Waals surface area contributed by atoms with E-state index in [-0.39, 0.29) is 12.3 Å². The molecular weight excluding hydrogens is 379 g/mol. The van der Waals surface area contributed by atoms with Crippen molar-refractivity contribution >= 4 is 35.1 Å². The molecule has 6 nitrogen and oxygen atoms in total. The first-order valence-electron chi connectivity index (χ1n) is 8.09. The Balaban J connectivity index is 1.84. The highest BCUT2D eigenvalue weighted by molar-refractivity contribution is 6.36. The average molecular weight is 399 g/mol.